The third kappa shape index (κ3) is 7.38. The van der Waals surface area contributed by atoms with Crippen molar-refractivity contribution in [2.45, 2.75) is 56.2 Å². The van der Waals surface area contributed by atoms with E-state index in [0.717, 1.165) is 27.6 Å². The monoisotopic (exact) mass is 617 g/mol. The first-order chi connectivity index (χ1) is 21.2. The van der Waals surface area contributed by atoms with Crippen LogP contribution < -0.4 is 10.6 Å². The highest BCUT2D eigenvalue weighted by molar-refractivity contribution is 7.59. The van der Waals surface area contributed by atoms with Gasteiger partial charge < -0.3 is 30.4 Å². The van der Waals surface area contributed by atoms with Crippen molar-refractivity contribution in [3.05, 3.63) is 108 Å². The second-order valence-corrected chi connectivity index (χ2v) is 13.8. The molecular weight excluding hydrogens is 581 g/mol. The van der Waals surface area contributed by atoms with Crippen molar-refractivity contribution in [3.63, 3.8) is 0 Å². The molecule has 2 amide bonds. The molecule has 1 saturated carbocycles. The SMILES string of the molecule is O=C(N[C@@H](Cc1ccccc1)P(=O)(O)C1CCCC1C(=O)N[C@@H](Cc1c[nH]c2ccccc12)C(=O)O)OCc1ccccc1. The zero-order valence-electron chi connectivity index (χ0n) is 24.1. The number of ether oxygens (including phenoxy) is 1. The van der Waals surface area contributed by atoms with E-state index >= 15 is 0 Å². The van der Waals surface area contributed by atoms with E-state index in [1.165, 1.54) is 0 Å². The minimum atomic E-state index is -4.26. The largest absolute Gasteiger partial charge is 0.480 e. The maximum Gasteiger partial charge on any atom is 0.408 e. The number of benzene rings is 3. The number of hydrogen-bond acceptors (Lipinski definition) is 5. The number of aromatic amines is 1. The molecule has 0 aliphatic heterocycles. The smallest absolute Gasteiger partial charge is 0.408 e. The van der Waals surface area contributed by atoms with E-state index in [1.807, 2.05) is 48.5 Å². The van der Waals surface area contributed by atoms with Crippen LogP contribution >= 0.6 is 7.37 Å². The van der Waals surface area contributed by atoms with E-state index in [9.17, 15) is 28.9 Å². The van der Waals surface area contributed by atoms with Crippen LogP contribution in [0.4, 0.5) is 4.79 Å². The average molecular weight is 618 g/mol. The number of carbonyl (C=O) groups is 3. The van der Waals surface area contributed by atoms with Crippen LogP contribution in [0.15, 0.2) is 91.1 Å². The normalized spacial score (nSPS) is 19.0. The Balaban J connectivity index is 1.31. The maximum absolute atomic E-state index is 14.3. The molecule has 5 atom stereocenters. The highest BCUT2D eigenvalue weighted by Gasteiger charge is 2.49. The number of rotatable bonds is 12. The fourth-order valence-corrected chi connectivity index (χ4v) is 8.51. The highest BCUT2D eigenvalue weighted by Crippen LogP contribution is 2.58. The summed E-state index contributed by atoms with van der Waals surface area (Å²) in [6.45, 7) is -0.0120. The molecule has 0 spiro atoms. The van der Waals surface area contributed by atoms with Crippen molar-refractivity contribution in [1.29, 1.82) is 0 Å². The molecule has 1 heterocycles. The van der Waals surface area contributed by atoms with Gasteiger partial charge >= 0.3 is 12.1 Å². The van der Waals surface area contributed by atoms with E-state index in [1.54, 1.807) is 42.6 Å². The number of aromatic nitrogens is 1. The third-order valence-electron chi connectivity index (χ3n) is 8.22. The molecule has 1 fully saturated rings. The van der Waals surface area contributed by atoms with Gasteiger partial charge in [0.15, 0.2) is 0 Å². The van der Waals surface area contributed by atoms with Crippen molar-refractivity contribution >= 4 is 36.2 Å². The first kappa shape index (κ1) is 31.0. The maximum atomic E-state index is 14.3. The van der Waals surface area contributed by atoms with Crippen LogP contribution in [0.25, 0.3) is 10.9 Å². The number of carbonyl (C=O) groups excluding carboxylic acids is 2. The second-order valence-electron chi connectivity index (χ2n) is 11.2. The van der Waals surface area contributed by atoms with Gasteiger partial charge in [0.1, 0.15) is 18.4 Å². The van der Waals surface area contributed by atoms with E-state index in [0.29, 0.717) is 12.8 Å². The number of nitrogens with one attached hydrogen (secondary N) is 3. The van der Waals surface area contributed by atoms with Gasteiger partial charge in [-0.3, -0.25) is 9.36 Å². The summed E-state index contributed by atoms with van der Waals surface area (Å²) in [6.07, 6.45) is 2.12. The standard InChI is InChI=1S/C33H36N3O7P/c37-31(35-28(32(38)39)19-24-20-34-27-16-8-7-14-25(24)27)26-15-9-17-29(26)44(41,42)30(18-22-10-3-1-4-11-22)36-33(40)43-21-23-12-5-2-6-13-23/h1-8,10-14,16,20,26,28-30,34H,9,15,17-19,21H2,(H,35,37)(H,36,40)(H,38,39)(H,41,42)/t26?,28-,29?,30+/m0/s1. The predicted molar refractivity (Wildman–Crippen MR) is 166 cm³/mol. The van der Waals surface area contributed by atoms with Crippen LogP contribution in [0.3, 0.4) is 0 Å². The molecule has 11 heteroatoms. The molecule has 3 unspecified atom stereocenters. The Kier molecular flexibility index (Phi) is 9.82. The summed E-state index contributed by atoms with van der Waals surface area (Å²) in [5.41, 5.74) is 2.13. The number of fused-ring (bicyclic) bond motifs is 1. The molecule has 1 aliphatic carbocycles. The molecule has 0 saturated heterocycles. The molecule has 0 bridgehead atoms. The molecule has 0 radical (unpaired) electrons. The van der Waals surface area contributed by atoms with Crippen molar-refractivity contribution in [1.82, 2.24) is 15.6 Å². The molecule has 3 aromatic carbocycles. The van der Waals surface area contributed by atoms with Crippen LogP contribution in [0.5, 0.6) is 0 Å². The lowest BCUT2D eigenvalue weighted by Crippen LogP contribution is -2.47. The molecule has 5 N–H and O–H groups in total. The van der Waals surface area contributed by atoms with Crippen LogP contribution in [0.2, 0.25) is 0 Å². The molecule has 1 aliphatic rings. The lowest BCUT2D eigenvalue weighted by molar-refractivity contribution is -0.142. The van der Waals surface area contributed by atoms with Gasteiger partial charge in [-0.2, -0.15) is 0 Å². The number of alkyl carbamates (subject to hydrolysis) is 1. The average Bonchev–Trinajstić information content (AvgIpc) is 3.69. The van der Waals surface area contributed by atoms with E-state index in [4.69, 9.17) is 4.74 Å². The summed E-state index contributed by atoms with van der Waals surface area (Å²) < 4.78 is 19.6. The molecule has 44 heavy (non-hydrogen) atoms. The Morgan fingerprint density at radius 2 is 1.55 bits per heavy atom. The molecular formula is C33H36N3O7P. The van der Waals surface area contributed by atoms with E-state index in [2.05, 4.69) is 15.6 Å². The lowest BCUT2D eigenvalue weighted by atomic mass is 10.0. The van der Waals surface area contributed by atoms with Gasteiger partial charge in [-0.1, -0.05) is 85.3 Å². The predicted octanol–water partition coefficient (Wildman–Crippen LogP) is 5.21. The zero-order chi connectivity index (χ0) is 31.1. The fraction of sp³-hybridized carbons (Fsp3) is 0.303. The number of aliphatic carboxylic acids is 1. The van der Waals surface area contributed by atoms with Gasteiger partial charge in [-0.15, -0.1) is 0 Å². The van der Waals surface area contributed by atoms with Crippen molar-refractivity contribution in [2.75, 3.05) is 0 Å². The quantitative estimate of drug-likeness (QED) is 0.137. The Bertz CT molecular complexity index is 1640. The second kappa shape index (κ2) is 13.9. The summed E-state index contributed by atoms with van der Waals surface area (Å²) in [7, 11) is -4.26. The van der Waals surface area contributed by atoms with Gasteiger partial charge in [0, 0.05) is 41.5 Å². The van der Waals surface area contributed by atoms with Gasteiger partial charge in [0.2, 0.25) is 13.3 Å². The Morgan fingerprint density at radius 1 is 0.886 bits per heavy atom. The highest BCUT2D eigenvalue weighted by atomic mass is 31.2. The summed E-state index contributed by atoms with van der Waals surface area (Å²) >= 11 is 0. The van der Waals surface area contributed by atoms with E-state index < -0.39 is 48.7 Å². The number of H-pyrrole nitrogens is 1. The third-order valence-corrected chi connectivity index (χ3v) is 11.0. The van der Waals surface area contributed by atoms with Crippen molar-refractivity contribution < 1.29 is 33.7 Å². The van der Waals surface area contributed by atoms with Crippen LogP contribution in [0.1, 0.15) is 36.0 Å². The van der Waals surface area contributed by atoms with Gasteiger partial charge in [-0.05, 0) is 35.6 Å². The van der Waals surface area contributed by atoms with Gasteiger partial charge in [-0.25, -0.2) is 9.59 Å². The topological polar surface area (TPSA) is 158 Å². The number of para-hydroxylation sites is 1. The summed E-state index contributed by atoms with van der Waals surface area (Å²) in [4.78, 5) is 53.3. The minimum Gasteiger partial charge on any atom is -0.480 e. The molecule has 230 valence electrons. The summed E-state index contributed by atoms with van der Waals surface area (Å²) in [6, 6.07) is 24.4. The van der Waals surface area contributed by atoms with Crippen molar-refractivity contribution in [3.8, 4) is 0 Å². The van der Waals surface area contributed by atoms with Crippen molar-refractivity contribution in [2.24, 2.45) is 5.92 Å². The summed E-state index contributed by atoms with van der Waals surface area (Å²) in [5.74, 6) is -3.89. The Morgan fingerprint density at radius 3 is 2.25 bits per heavy atom. The minimum absolute atomic E-state index is 0.0120. The summed E-state index contributed by atoms with van der Waals surface area (Å²) in [5, 5.41) is 16.1. The number of carboxylic acid groups (broad SMARTS) is 1. The lowest BCUT2D eigenvalue weighted by Gasteiger charge is -2.31. The molecule has 1 aromatic heterocycles. The molecule has 5 rings (SSSR count). The number of carboxylic acids is 1. The zero-order valence-corrected chi connectivity index (χ0v) is 25.0. The molecule has 4 aromatic rings. The van der Waals surface area contributed by atoms with Crippen LogP contribution in [-0.2, 0) is 38.3 Å². The first-order valence-electron chi connectivity index (χ1n) is 14.6. The fourth-order valence-electron chi connectivity index (χ4n) is 5.93. The van der Waals surface area contributed by atoms with Gasteiger partial charge in [0.25, 0.3) is 0 Å². The Labute approximate surface area is 255 Å². The number of hydrogen-bond donors (Lipinski definition) is 5. The van der Waals surface area contributed by atoms with Crippen LogP contribution in [0, 0.1) is 5.92 Å². The van der Waals surface area contributed by atoms with Gasteiger partial charge in [0.05, 0.1) is 0 Å². The van der Waals surface area contributed by atoms with E-state index in [-0.39, 0.29) is 25.9 Å². The molecule has 10 nitrogen and oxygen atoms in total. The Hall–Kier alpha value is -4.40. The first-order valence-corrected chi connectivity index (χ1v) is 16.4. The number of amides is 2. The van der Waals surface area contributed by atoms with Crippen LogP contribution in [-0.4, -0.2) is 50.4 Å².